The minimum Gasteiger partial charge on any atom is -0.497 e. The number of hydrogen-bond donors (Lipinski definition) is 2. The molecule has 41 heavy (non-hydrogen) atoms. The molecule has 0 fully saturated rings. The fraction of sp³-hybridized carbons (Fsp3) is 0.231. The second kappa shape index (κ2) is 13.1. The van der Waals surface area contributed by atoms with Gasteiger partial charge in [0.25, 0.3) is 5.56 Å². The maximum atomic E-state index is 12.0. The maximum absolute atomic E-state index is 12.0. The van der Waals surface area contributed by atoms with Crippen LogP contribution in [0.2, 0.25) is 5.02 Å². The number of aromatic amines is 1. The number of nitrogens with one attached hydrogen (secondary N) is 1. The molecule has 5 aromatic rings. The minimum atomic E-state index is -1.62. The third-order valence-electron chi connectivity index (χ3n) is 5.77. The normalized spacial score (nSPS) is 12.1. The summed E-state index contributed by atoms with van der Waals surface area (Å²) in [7, 11) is -0.0549. The first kappa shape index (κ1) is 28.5. The van der Waals surface area contributed by atoms with E-state index in [1.165, 1.54) is 6.33 Å². The quantitative estimate of drug-likeness (QED) is 0.146. The molecular formula is C26H25ClN5O8P. The van der Waals surface area contributed by atoms with Crippen molar-refractivity contribution in [2.45, 2.75) is 19.8 Å². The summed E-state index contributed by atoms with van der Waals surface area (Å²) in [5, 5.41) is 0.581. The fourth-order valence-electron chi connectivity index (χ4n) is 3.82. The van der Waals surface area contributed by atoms with Gasteiger partial charge in [-0.2, -0.15) is 4.98 Å². The zero-order valence-corrected chi connectivity index (χ0v) is 23.4. The number of imidazole rings is 1. The number of ether oxygens (including phenoxy) is 2. The zero-order valence-electron chi connectivity index (χ0n) is 21.7. The molecule has 3 aromatic heterocycles. The summed E-state index contributed by atoms with van der Waals surface area (Å²) in [5.41, 5.74) is 7.25. The van der Waals surface area contributed by atoms with Gasteiger partial charge in [-0.25, -0.2) is 9.78 Å². The van der Waals surface area contributed by atoms with E-state index in [9.17, 15) is 9.59 Å². The molecule has 0 radical (unpaired) electrons. The van der Waals surface area contributed by atoms with Crippen molar-refractivity contribution in [2.24, 2.45) is 0 Å². The van der Waals surface area contributed by atoms with Gasteiger partial charge < -0.3 is 37.7 Å². The first-order valence-electron chi connectivity index (χ1n) is 12.2. The molecule has 1 atom stereocenters. The second-order valence-corrected chi connectivity index (χ2v) is 10.4. The van der Waals surface area contributed by atoms with Crippen molar-refractivity contribution in [3.8, 4) is 17.1 Å². The molecule has 0 aliphatic heterocycles. The van der Waals surface area contributed by atoms with E-state index in [1.807, 2.05) is 12.1 Å². The van der Waals surface area contributed by atoms with Crippen LogP contribution in [0.5, 0.6) is 5.75 Å². The number of halogens is 1. The van der Waals surface area contributed by atoms with E-state index in [0.717, 1.165) is 5.56 Å². The topological polar surface area (TPSA) is 170 Å². The Kier molecular flexibility index (Phi) is 9.12. The van der Waals surface area contributed by atoms with Crippen LogP contribution < -0.4 is 21.9 Å². The van der Waals surface area contributed by atoms with Crippen molar-refractivity contribution in [3.63, 3.8) is 0 Å². The van der Waals surface area contributed by atoms with Gasteiger partial charge in [0.15, 0.2) is 31.1 Å². The molecule has 214 valence electrons. The van der Waals surface area contributed by atoms with Gasteiger partial charge in [0, 0.05) is 17.1 Å². The van der Waals surface area contributed by atoms with Crippen LogP contribution in [0.4, 0.5) is 5.95 Å². The lowest BCUT2D eigenvalue weighted by atomic mass is 10.1. The Labute approximate surface area is 238 Å². The smallest absolute Gasteiger partial charge is 0.497 e. The summed E-state index contributed by atoms with van der Waals surface area (Å²) < 4.78 is 35.3. The molecule has 13 nitrogen and oxygen atoms in total. The first-order valence-corrected chi connectivity index (χ1v) is 14.0. The number of rotatable bonds is 13. The number of nitrogens with zero attached hydrogens (tertiary/aromatic N) is 3. The Hall–Kier alpha value is -4.00. The van der Waals surface area contributed by atoms with Crippen LogP contribution in [0.1, 0.15) is 11.3 Å². The van der Waals surface area contributed by atoms with E-state index in [2.05, 4.69) is 15.0 Å². The lowest BCUT2D eigenvalue weighted by Crippen LogP contribution is -2.13. The number of methoxy groups -OCH3 is 1. The number of nitrogen functional groups attached to an aromatic ring is 1. The molecule has 3 N–H and O–H groups in total. The molecular weight excluding hydrogens is 577 g/mol. The molecule has 0 saturated heterocycles. The number of benzene rings is 2. The Bertz CT molecular complexity index is 1730. The third kappa shape index (κ3) is 7.20. The zero-order chi connectivity index (χ0) is 28.8. The van der Waals surface area contributed by atoms with Gasteiger partial charge >= 0.3 is 5.82 Å². The predicted octanol–water partition coefficient (Wildman–Crippen LogP) is 4.30. The number of anilines is 1. The lowest BCUT2D eigenvalue weighted by Gasteiger charge is -2.17. The molecule has 0 aliphatic rings. The molecule has 3 heterocycles. The Morgan fingerprint density at radius 1 is 1.10 bits per heavy atom. The molecule has 1 unspecified atom stereocenters. The summed E-state index contributed by atoms with van der Waals surface area (Å²) in [6, 6.07) is 14.2. The number of fused-ring (bicyclic) bond motifs is 1. The van der Waals surface area contributed by atoms with Crippen LogP contribution in [0.15, 0.2) is 73.3 Å². The molecule has 0 spiro atoms. The molecule has 0 amide bonds. The molecule has 0 bridgehead atoms. The summed E-state index contributed by atoms with van der Waals surface area (Å²) in [5.74, 6) is 0.254. The van der Waals surface area contributed by atoms with Crippen molar-refractivity contribution in [3.05, 3.63) is 92.2 Å². The van der Waals surface area contributed by atoms with Gasteiger partial charge in [-0.05, 0) is 42.0 Å². The number of aromatic nitrogens is 4. The summed E-state index contributed by atoms with van der Waals surface area (Å²) in [6.45, 7) is 0.701. The number of nitrogens with two attached hydrogens (primary N) is 1. The lowest BCUT2D eigenvalue weighted by molar-refractivity contribution is 0.136. The monoisotopic (exact) mass is 601 g/mol. The first-order chi connectivity index (χ1) is 19.9. The van der Waals surface area contributed by atoms with Gasteiger partial charge in [-0.15, -0.1) is 0 Å². The number of H-pyrrole nitrogens is 1. The van der Waals surface area contributed by atoms with E-state index in [4.69, 9.17) is 44.7 Å². The van der Waals surface area contributed by atoms with Gasteiger partial charge in [0.1, 0.15) is 18.7 Å². The third-order valence-corrected chi connectivity index (χ3v) is 7.23. The summed E-state index contributed by atoms with van der Waals surface area (Å²) in [4.78, 5) is 34.6. The average molecular weight is 602 g/mol. The Morgan fingerprint density at radius 3 is 2.68 bits per heavy atom. The van der Waals surface area contributed by atoms with E-state index in [-0.39, 0.29) is 49.2 Å². The fourth-order valence-corrected chi connectivity index (χ4v) is 5.09. The van der Waals surface area contributed by atoms with Crippen LogP contribution in [0.25, 0.3) is 22.5 Å². The maximum Gasteiger partial charge on any atom is 0.519 e. The van der Waals surface area contributed by atoms with Crippen molar-refractivity contribution in [1.82, 2.24) is 19.5 Å². The van der Waals surface area contributed by atoms with E-state index in [1.54, 1.807) is 48.1 Å². The van der Waals surface area contributed by atoms with E-state index < -0.39 is 19.8 Å². The Balaban J connectivity index is 1.25. The Morgan fingerprint density at radius 2 is 1.90 bits per heavy atom. The van der Waals surface area contributed by atoms with Crippen LogP contribution in [0.3, 0.4) is 0 Å². The molecule has 5 rings (SSSR count). The van der Waals surface area contributed by atoms with Crippen LogP contribution in [-0.2, 0) is 33.5 Å². The van der Waals surface area contributed by atoms with Crippen LogP contribution >= 0.6 is 20.0 Å². The van der Waals surface area contributed by atoms with Gasteiger partial charge in [0.2, 0.25) is 5.95 Å². The van der Waals surface area contributed by atoms with E-state index in [0.29, 0.717) is 28.5 Å². The van der Waals surface area contributed by atoms with Gasteiger partial charge in [-0.3, -0.25) is 9.78 Å². The largest absolute Gasteiger partial charge is 0.519 e. The summed E-state index contributed by atoms with van der Waals surface area (Å²) in [6.07, 6.45) is 1.59. The summed E-state index contributed by atoms with van der Waals surface area (Å²) >= 11 is 6.10. The molecule has 15 heteroatoms. The molecule has 0 saturated carbocycles. The van der Waals surface area contributed by atoms with Crippen LogP contribution in [0, 0.1) is 0 Å². The number of hydrogen-bond acceptors (Lipinski definition) is 11. The average Bonchev–Trinajstić information content (AvgIpc) is 3.55. The highest BCUT2D eigenvalue weighted by molar-refractivity contribution is 7.46. The highest BCUT2D eigenvalue weighted by atomic mass is 35.5. The second-order valence-electron chi connectivity index (χ2n) is 8.54. The van der Waals surface area contributed by atoms with Crippen molar-refractivity contribution in [2.75, 3.05) is 25.8 Å². The van der Waals surface area contributed by atoms with Gasteiger partial charge in [0.05, 0.1) is 26.7 Å². The highest BCUT2D eigenvalue weighted by Crippen LogP contribution is 2.41. The molecule has 2 aromatic carbocycles. The van der Waals surface area contributed by atoms with Gasteiger partial charge in [-0.1, -0.05) is 23.7 Å². The van der Waals surface area contributed by atoms with Crippen molar-refractivity contribution in [1.29, 1.82) is 0 Å². The SMILES string of the molecule is COc1ccc(-c2oc(=O)oc2COP(COCCn2cnc3c(=O)[nH]c(N)nc32)OCc2cccc(Cl)c2)cc1. The highest BCUT2D eigenvalue weighted by Gasteiger charge is 2.20. The standard InChI is InChI=1S/C26H25ClN5O8P/c1-35-19-7-5-17(6-8-19)22-20(39-26(34)40-22)13-38-41(37-12-16-3-2-4-18(27)11-16)15-36-10-9-32-14-29-21-23(32)30-25(28)31-24(21)33/h2-8,11,14H,9-10,12-13,15H2,1H3,(H3,28,30,31,33). The van der Waals surface area contributed by atoms with Crippen LogP contribution in [-0.4, -0.2) is 39.6 Å². The van der Waals surface area contributed by atoms with Crippen molar-refractivity contribution < 1.29 is 27.4 Å². The van der Waals surface area contributed by atoms with Crippen molar-refractivity contribution >= 4 is 37.1 Å². The van der Waals surface area contributed by atoms with E-state index >= 15 is 0 Å². The predicted molar refractivity (Wildman–Crippen MR) is 151 cm³/mol. The molecule has 0 aliphatic carbocycles. The minimum absolute atomic E-state index is 0.00332.